The molecule has 0 aromatic heterocycles. The molecule has 0 radical (unpaired) electrons. The largest absolute Gasteiger partial charge is 0.385 e. The monoisotopic (exact) mass is 492 g/mol. The minimum atomic E-state index is 0. The molecule has 156 valence electrons. The Morgan fingerprint density at radius 3 is 2.52 bits per heavy atom. The van der Waals surface area contributed by atoms with Crippen LogP contribution in [0, 0.1) is 0 Å². The van der Waals surface area contributed by atoms with Gasteiger partial charge in [-0.1, -0.05) is 31.2 Å². The first-order valence-corrected chi connectivity index (χ1v) is 9.47. The summed E-state index contributed by atoms with van der Waals surface area (Å²) in [7, 11) is 5.67. The number of rotatable bonds is 13. The smallest absolute Gasteiger partial charge is 0.191 e. The lowest BCUT2D eigenvalue weighted by molar-refractivity contribution is 0.121. The molecule has 0 amide bonds. The summed E-state index contributed by atoms with van der Waals surface area (Å²) >= 11 is 0. The zero-order valence-electron chi connectivity index (χ0n) is 17.3. The van der Waals surface area contributed by atoms with E-state index in [2.05, 4.69) is 58.8 Å². The molecule has 1 aromatic rings. The number of nitrogens with one attached hydrogen (secondary N) is 2. The van der Waals surface area contributed by atoms with Gasteiger partial charge in [0, 0.05) is 53.6 Å². The van der Waals surface area contributed by atoms with Gasteiger partial charge in [0.05, 0.1) is 6.61 Å². The van der Waals surface area contributed by atoms with Crippen LogP contribution in [0.4, 0.5) is 0 Å². The van der Waals surface area contributed by atoms with E-state index >= 15 is 0 Å². The quantitative estimate of drug-likeness (QED) is 0.192. The van der Waals surface area contributed by atoms with Gasteiger partial charge in [-0.3, -0.25) is 4.99 Å². The highest BCUT2D eigenvalue weighted by molar-refractivity contribution is 14.0. The Labute approximate surface area is 182 Å². The molecule has 7 heteroatoms. The van der Waals surface area contributed by atoms with Crippen LogP contribution in [-0.4, -0.2) is 64.9 Å². The minimum absolute atomic E-state index is 0. The first-order valence-electron chi connectivity index (χ1n) is 9.47. The lowest BCUT2D eigenvalue weighted by atomic mass is 10.1. The summed E-state index contributed by atoms with van der Waals surface area (Å²) in [5.41, 5.74) is 2.46. The number of halogens is 1. The molecule has 27 heavy (non-hydrogen) atoms. The highest BCUT2D eigenvalue weighted by Gasteiger charge is 2.04. The van der Waals surface area contributed by atoms with Gasteiger partial charge in [0.15, 0.2) is 5.96 Å². The van der Waals surface area contributed by atoms with Gasteiger partial charge >= 0.3 is 0 Å². The number of aliphatic imine (C=N–C) groups is 1. The summed E-state index contributed by atoms with van der Waals surface area (Å²) in [5.74, 6) is 0.819. The molecule has 2 N–H and O–H groups in total. The molecule has 0 heterocycles. The number of methoxy groups -OCH3 is 1. The summed E-state index contributed by atoms with van der Waals surface area (Å²) < 4.78 is 10.8. The molecule has 0 saturated heterocycles. The molecule has 0 fully saturated rings. The number of likely N-dealkylation sites (N-methyl/N-ethyl adjacent to an activating group) is 1. The molecule has 0 bridgehead atoms. The minimum Gasteiger partial charge on any atom is -0.385 e. The van der Waals surface area contributed by atoms with Crippen molar-refractivity contribution >= 4 is 29.9 Å². The molecule has 1 aromatic carbocycles. The Hall–Kier alpha value is -0.900. The van der Waals surface area contributed by atoms with Crippen LogP contribution in [0.1, 0.15) is 30.9 Å². The van der Waals surface area contributed by atoms with E-state index in [1.807, 2.05) is 0 Å². The second kappa shape index (κ2) is 17.2. The predicted octanol–water partition coefficient (Wildman–Crippen LogP) is 2.86. The number of benzene rings is 1. The predicted molar refractivity (Wildman–Crippen MR) is 124 cm³/mol. The lowest BCUT2D eigenvalue weighted by Crippen LogP contribution is -2.40. The van der Waals surface area contributed by atoms with Crippen molar-refractivity contribution in [2.24, 2.45) is 4.99 Å². The van der Waals surface area contributed by atoms with Crippen molar-refractivity contribution in [2.75, 3.05) is 54.1 Å². The van der Waals surface area contributed by atoms with Crippen LogP contribution < -0.4 is 10.6 Å². The Kier molecular flexibility index (Phi) is 16.6. The van der Waals surface area contributed by atoms with Crippen molar-refractivity contribution in [3.63, 3.8) is 0 Å². The van der Waals surface area contributed by atoms with E-state index in [1.165, 1.54) is 11.1 Å². The molecular weight excluding hydrogens is 455 g/mol. The molecule has 0 unspecified atom stereocenters. The van der Waals surface area contributed by atoms with Crippen molar-refractivity contribution in [3.05, 3.63) is 35.4 Å². The highest BCUT2D eigenvalue weighted by Crippen LogP contribution is 2.10. The SMILES string of the molecule is CCCOCc1ccccc1CNC(=NC)NCCN(C)CCCOC.I. The second-order valence-corrected chi connectivity index (χ2v) is 6.32. The van der Waals surface area contributed by atoms with Gasteiger partial charge in [-0.05, 0) is 31.0 Å². The third-order valence-corrected chi connectivity index (χ3v) is 4.07. The molecule has 0 aliphatic rings. The Morgan fingerprint density at radius 2 is 1.85 bits per heavy atom. The standard InChI is InChI=1S/C20H36N4O2.HI/c1-5-14-26-17-19-10-7-6-9-18(19)16-23-20(21-2)22-11-13-24(3)12-8-15-25-4;/h6-7,9-10H,5,8,11-17H2,1-4H3,(H2,21,22,23);1H. The number of nitrogens with zero attached hydrogens (tertiary/aromatic N) is 2. The van der Waals surface area contributed by atoms with E-state index in [4.69, 9.17) is 9.47 Å². The Bertz CT molecular complexity index is 515. The molecule has 0 aliphatic heterocycles. The van der Waals surface area contributed by atoms with Gasteiger partial charge < -0.3 is 25.0 Å². The fourth-order valence-corrected chi connectivity index (χ4v) is 2.55. The summed E-state index contributed by atoms with van der Waals surface area (Å²) in [4.78, 5) is 6.60. The summed E-state index contributed by atoms with van der Waals surface area (Å²) in [6.07, 6.45) is 2.09. The van der Waals surface area contributed by atoms with E-state index in [0.717, 1.165) is 58.2 Å². The highest BCUT2D eigenvalue weighted by atomic mass is 127. The van der Waals surface area contributed by atoms with Crippen LogP contribution >= 0.6 is 24.0 Å². The lowest BCUT2D eigenvalue weighted by Gasteiger charge is -2.18. The Morgan fingerprint density at radius 1 is 1.11 bits per heavy atom. The fraction of sp³-hybridized carbons (Fsp3) is 0.650. The van der Waals surface area contributed by atoms with Crippen LogP contribution in [-0.2, 0) is 22.6 Å². The topological polar surface area (TPSA) is 58.1 Å². The molecule has 6 nitrogen and oxygen atoms in total. The van der Waals surface area contributed by atoms with Crippen LogP contribution in [0.2, 0.25) is 0 Å². The van der Waals surface area contributed by atoms with Gasteiger partial charge in [-0.2, -0.15) is 0 Å². The maximum atomic E-state index is 5.69. The average Bonchev–Trinajstić information content (AvgIpc) is 2.66. The first-order chi connectivity index (χ1) is 12.7. The first kappa shape index (κ1) is 26.1. The van der Waals surface area contributed by atoms with Crippen molar-refractivity contribution in [3.8, 4) is 0 Å². The van der Waals surface area contributed by atoms with Crippen LogP contribution in [0.15, 0.2) is 29.3 Å². The van der Waals surface area contributed by atoms with Gasteiger partial charge in [0.25, 0.3) is 0 Å². The van der Waals surface area contributed by atoms with Crippen molar-refractivity contribution in [2.45, 2.75) is 32.9 Å². The van der Waals surface area contributed by atoms with Gasteiger partial charge in [0.1, 0.15) is 0 Å². The van der Waals surface area contributed by atoms with E-state index in [1.54, 1.807) is 14.2 Å². The number of hydrogen-bond donors (Lipinski definition) is 2. The zero-order valence-corrected chi connectivity index (χ0v) is 19.6. The summed E-state index contributed by atoms with van der Waals surface area (Å²) in [6.45, 7) is 7.96. The van der Waals surface area contributed by atoms with Crippen molar-refractivity contribution < 1.29 is 9.47 Å². The van der Waals surface area contributed by atoms with Crippen LogP contribution in [0.5, 0.6) is 0 Å². The molecule has 0 atom stereocenters. The number of ether oxygens (including phenoxy) is 2. The summed E-state index contributed by atoms with van der Waals surface area (Å²) in [5, 5.41) is 6.75. The molecule has 0 spiro atoms. The van der Waals surface area contributed by atoms with Crippen LogP contribution in [0.3, 0.4) is 0 Å². The molecular formula is C20H37IN4O2. The summed E-state index contributed by atoms with van der Waals surface area (Å²) in [6, 6.07) is 8.37. The normalized spacial score (nSPS) is 11.4. The maximum absolute atomic E-state index is 5.69. The van der Waals surface area contributed by atoms with Gasteiger partial charge in [0.2, 0.25) is 0 Å². The number of guanidine groups is 1. The average molecular weight is 492 g/mol. The zero-order chi connectivity index (χ0) is 19.0. The van der Waals surface area contributed by atoms with Gasteiger partial charge in [-0.25, -0.2) is 0 Å². The third kappa shape index (κ3) is 12.2. The second-order valence-electron chi connectivity index (χ2n) is 6.32. The molecule has 1 rings (SSSR count). The van der Waals surface area contributed by atoms with E-state index in [-0.39, 0.29) is 24.0 Å². The van der Waals surface area contributed by atoms with E-state index < -0.39 is 0 Å². The fourth-order valence-electron chi connectivity index (χ4n) is 2.55. The van der Waals surface area contributed by atoms with E-state index in [9.17, 15) is 0 Å². The third-order valence-electron chi connectivity index (χ3n) is 4.07. The van der Waals surface area contributed by atoms with Gasteiger partial charge in [-0.15, -0.1) is 24.0 Å². The van der Waals surface area contributed by atoms with Crippen molar-refractivity contribution in [1.82, 2.24) is 15.5 Å². The van der Waals surface area contributed by atoms with E-state index in [0.29, 0.717) is 6.61 Å². The van der Waals surface area contributed by atoms with Crippen LogP contribution in [0.25, 0.3) is 0 Å². The molecule has 0 saturated carbocycles. The number of hydrogen-bond acceptors (Lipinski definition) is 4. The van der Waals surface area contributed by atoms with Crippen molar-refractivity contribution in [1.29, 1.82) is 0 Å². The molecule has 0 aliphatic carbocycles. The maximum Gasteiger partial charge on any atom is 0.191 e. The Balaban J connectivity index is 0.00000676.